The molecule has 2 aromatic rings. The SMILES string of the molecule is CC(C)C(=O)c1ccc2[nH]ncc2c1. The zero-order valence-corrected chi connectivity index (χ0v) is 8.24. The van der Waals surface area contributed by atoms with Crippen molar-refractivity contribution in [1.29, 1.82) is 0 Å². The molecule has 3 nitrogen and oxygen atoms in total. The first kappa shape index (κ1) is 8.94. The molecule has 0 amide bonds. The monoisotopic (exact) mass is 188 g/mol. The first-order valence-corrected chi connectivity index (χ1v) is 4.66. The molecular weight excluding hydrogens is 176 g/mol. The van der Waals surface area contributed by atoms with Crippen molar-refractivity contribution >= 4 is 16.7 Å². The maximum absolute atomic E-state index is 11.7. The Balaban J connectivity index is 2.48. The third-order valence-corrected chi connectivity index (χ3v) is 2.25. The summed E-state index contributed by atoms with van der Waals surface area (Å²) in [5.41, 5.74) is 1.72. The second-order valence-electron chi connectivity index (χ2n) is 3.69. The minimum Gasteiger partial charge on any atom is -0.294 e. The number of H-pyrrole nitrogens is 1. The molecule has 0 atom stereocenters. The summed E-state index contributed by atoms with van der Waals surface area (Å²) < 4.78 is 0. The van der Waals surface area contributed by atoms with Crippen molar-refractivity contribution in [3.63, 3.8) is 0 Å². The molecule has 0 saturated heterocycles. The maximum Gasteiger partial charge on any atom is 0.165 e. The van der Waals surface area contributed by atoms with Crippen LogP contribution in [0.2, 0.25) is 0 Å². The summed E-state index contributed by atoms with van der Waals surface area (Å²) in [6.07, 6.45) is 1.73. The van der Waals surface area contributed by atoms with Gasteiger partial charge in [-0.15, -0.1) is 0 Å². The average Bonchev–Trinajstić information content (AvgIpc) is 2.62. The average molecular weight is 188 g/mol. The molecule has 1 N–H and O–H groups in total. The highest BCUT2D eigenvalue weighted by Gasteiger charge is 2.10. The van der Waals surface area contributed by atoms with E-state index < -0.39 is 0 Å². The molecule has 0 bridgehead atoms. The van der Waals surface area contributed by atoms with Crippen LogP contribution in [0.15, 0.2) is 24.4 Å². The first-order chi connectivity index (χ1) is 6.68. The second-order valence-corrected chi connectivity index (χ2v) is 3.69. The zero-order chi connectivity index (χ0) is 10.1. The number of hydrogen-bond donors (Lipinski definition) is 1. The van der Waals surface area contributed by atoms with Crippen molar-refractivity contribution in [3.05, 3.63) is 30.0 Å². The maximum atomic E-state index is 11.7. The number of aromatic amines is 1. The number of Topliss-reactive ketones (excluding diaryl/α,β-unsaturated/α-hetero) is 1. The van der Waals surface area contributed by atoms with Crippen LogP contribution in [-0.2, 0) is 0 Å². The van der Waals surface area contributed by atoms with Gasteiger partial charge in [-0.25, -0.2) is 0 Å². The van der Waals surface area contributed by atoms with E-state index in [0.717, 1.165) is 16.5 Å². The molecule has 0 fully saturated rings. The van der Waals surface area contributed by atoms with Crippen LogP contribution in [0.4, 0.5) is 0 Å². The zero-order valence-electron chi connectivity index (χ0n) is 8.24. The number of nitrogens with one attached hydrogen (secondary N) is 1. The van der Waals surface area contributed by atoms with Gasteiger partial charge in [0.1, 0.15) is 0 Å². The van der Waals surface area contributed by atoms with Crippen molar-refractivity contribution in [1.82, 2.24) is 10.2 Å². The molecule has 1 aromatic carbocycles. The fraction of sp³-hybridized carbons (Fsp3) is 0.273. The molecule has 0 aliphatic carbocycles. The van der Waals surface area contributed by atoms with E-state index >= 15 is 0 Å². The molecule has 0 saturated carbocycles. The van der Waals surface area contributed by atoms with Crippen molar-refractivity contribution in [2.24, 2.45) is 5.92 Å². The largest absolute Gasteiger partial charge is 0.294 e. The van der Waals surface area contributed by atoms with Gasteiger partial charge in [0.25, 0.3) is 0 Å². The molecule has 3 heteroatoms. The molecule has 0 aliphatic heterocycles. The normalized spacial score (nSPS) is 11.1. The number of nitrogens with zero attached hydrogens (tertiary/aromatic N) is 1. The van der Waals surface area contributed by atoms with Crippen molar-refractivity contribution < 1.29 is 4.79 Å². The predicted molar refractivity (Wildman–Crippen MR) is 55.3 cm³/mol. The molecular formula is C11H12N2O. The Hall–Kier alpha value is -1.64. The van der Waals surface area contributed by atoms with Crippen LogP contribution in [0, 0.1) is 5.92 Å². The van der Waals surface area contributed by atoms with E-state index in [0.29, 0.717) is 0 Å². The summed E-state index contributed by atoms with van der Waals surface area (Å²) in [6.45, 7) is 3.81. The quantitative estimate of drug-likeness (QED) is 0.735. The van der Waals surface area contributed by atoms with Gasteiger partial charge in [0, 0.05) is 16.9 Å². The highest BCUT2D eigenvalue weighted by molar-refractivity contribution is 6.00. The number of benzene rings is 1. The Bertz CT molecular complexity index is 471. The van der Waals surface area contributed by atoms with E-state index in [1.54, 1.807) is 6.20 Å². The van der Waals surface area contributed by atoms with Crippen LogP contribution in [0.5, 0.6) is 0 Å². The number of carbonyl (C=O) groups is 1. The molecule has 0 radical (unpaired) electrons. The number of carbonyl (C=O) groups excluding carboxylic acids is 1. The highest BCUT2D eigenvalue weighted by atomic mass is 16.1. The Morgan fingerprint density at radius 2 is 2.21 bits per heavy atom. The molecule has 2 rings (SSSR count). The highest BCUT2D eigenvalue weighted by Crippen LogP contribution is 2.15. The van der Waals surface area contributed by atoms with Gasteiger partial charge in [-0.3, -0.25) is 9.89 Å². The molecule has 0 unspecified atom stereocenters. The van der Waals surface area contributed by atoms with Gasteiger partial charge in [-0.1, -0.05) is 13.8 Å². The summed E-state index contributed by atoms with van der Waals surface area (Å²) in [6, 6.07) is 5.60. The molecule has 72 valence electrons. The summed E-state index contributed by atoms with van der Waals surface area (Å²) in [4.78, 5) is 11.7. The minimum absolute atomic E-state index is 0.0411. The molecule has 1 heterocycles. The summed E-state index contributed by atoms with van der Waals surface area (Å²) >= 11 is 0. The van der Waals surface area contributed by atoms with Gasteiger partial charge in [-0.05, 0) is 18.2 Å². The fourth-order valence-electron chi connectivity index (χ4n) is 1.43. The van der Waals surface area contributed by atoms with Crippen LogP contribution >= 0.6 is 0 Å². The summed E-state index contributed by atoms with van der Waals surface area (Å²) in [5.74, 6) is 0.215. The van der Waals surface area contributed by atoms with E-state index in [1.807, 2.05) is 32.0 Å². The van der Waals surface area contributed by atoms with Gasteiger partial charge >= 0.3 is 0 Å². The van der Waals surface area contributed by atoms with Crippen LogP contribution in [-0.4, -0.2) is 16.0 Å². The van der Waals surface area contributed by atoms with Gasteiger partial charge in [0.05, 0.1) is 11.7 Å². The van der Waals surface area contributed by atoms with Crippen LogP contribution in [0.1, 0.15) is 24.2 Å². The lowest BCUT2D eigenvalue weighted by atomic mass is 10.0. The number of hydrogen-bond acceptors (Lipinski definition) is 2. The lowest BCUT2D eigenvalue weighted by molar-refractivity contribution is 0.0939. The molecule has 0 spiro atoms. The molecule has 14 heavy (non-hydrogen) atoms. The van der Waals surface area contributed by atoms with Crippen molar-refractivity contribution in [2.45, 2.75) is 13.8 Å². The van der Waals surface area contributed by atoms with Crippen molar-refractivity contribution in [3.8, 4) is 0 Å². The Kier molecular flexibility index (Phi) is 2.08. The number of aromatic nitrogens is 2. The minimum atomic E-state index is 0.0411. The van der Waals surface area contributed by atoms with Gasteiger partial charge in [-0.2, -0.15) is 5.10 Å². The Labute approximate surface area is 82.1 Å². The fourth-order valence-corrected chi connectivity index (χ4v) is 1.43. The van der Waals surface area contributed by atoms with E-state index in [4.69, 9.17) is 0 Å². The van der Waals surface area contributed by atoms with Gasteiger partial charge in [0.15, 0.2) is 5.78 Å². The predicted octanol–water partition coefficient (Wildman–Crippen LogP) is 2.40. The van der Waals surface area contributed by atoms with Gasteiger partial charge < -0.3 is 0 Å². The van der Waals surface area contributed by atoms with Gasteiger partial charge in [0.2, 0.25) is 0 Å². The summed E-state index contributed by atoms with van der Waals surface area (Å²) in [5, 5.41) is 7.75. The second kappa shape index (κ2) is 3.25. The van der Waals surface area contributed by atoms with Crippen molar-refractivity contribution in [2.75, 3.05) is 0 Å². The third-order valence-electron chi connectivity index (χ3n) is 2.25. The number of fused-ring (bicyclic) bond motifs is 1. The lowest BCUT2D eigenvalue weighted by Gasteiger charge is -2.03. The van der Waals surface area contributed by atoms with E-state index in [9.17, 15) is 4.79 Å². The topological polar surface area (TPSA) is 45.8 Å². The Morgan fingerprint density at radius 1 is 1.43 bits per heavy atom. The molecule has 0 aliphatic rings. The number of rotatable bonds is 2. The molecule has 1 aromatic heterocycles. The van der Waals surface area contributed by atoms with Crippen LogP contribution in [0.25, 0.3) is 10.9 Å². The summed E-state index contributed by atoms with van der Waals surface area (Å²) in [7, 11) is 0. The smallest absolute Gasteiger partial charge is 0.165 e. The van der Waals surface area contributed by atoms with Crippen LogP contribution in [0.3, 0.4) is 0 Å². The van der Waals surface area contributed by atoms with E-state index in [1.165, 1.54) is 0 Å². The third kappa shape index (κ3) is 1.41. The number of ketones is 1. The van der Waals surface area contributed by atoms with Crippen LogP contribution < -0.4 is 0 Å². The standard InChI is InChI=1S/C11H12N2O/c1-7(2)11(14)8-3-4-10-9(5-8)6-12-13-10/h3-7H,1-2H3,(H,12,13). The Morgan fingerprint density at radius 3 is 2.93 bits per heavy atom. The van der Waals surface area contributed by atoms with E-state index in [2.05, 4.69) is 10.2 Å². The van der Waals surface area contributed by atoms with E-state index in [-0.39, 0.29) is 11.7 Å². The lowest BCUT2D eigenvalue weighted by Crippen LogP contribution is -2.06. The first-order valence-electron chi connectivity index (χ1n) is 4.66.